The van der Waals surface area contributed by atoms with Gasteiger partial charge in [-0.05, 0) is 79.6 Å². The standard InChI is InChI=1S/C26H30FN3O2/c1-5-12-30-23-11-8-19(13-21(23)17(2)15-26(30,3)4)14-22-24(31)29(25(32)28-22)16-18-6-9-20(27)10-7-18/h6-11,13-14,17H,5,12,15-16H2,1-4H3,(H,28,32)/b22-14+. The van der Waals surface area contributed by atoms with E-state index in [1.165, 1.54) is 23.4 Å². The molecule has 0 aliphatic carbocycles. The average molecular weight is 436 g/mol. The Kier molecular flexibility index (Phi) is 5.80. The monoisotopic (exact) mass is 435 g/mol. The number of nitrogens with zero attached hydrogens (tertiary/aromatic N) is 2. The molecule has 1 N–H and O–H groups in total. The van der Waals surface area contributed by atoms with Gasteiger partial charge in [0.05, 0.1) is 6.54 Å². The van der Waals surface area contributed by atoms with E-state index in [1.54, 1.807) is 18.2 Å². The predicted octanol–water partition coefficient (Wildman–Crippen LogP) is 5.42. The first-order valence-corrected chi connectivity index (χ1v) is 11.2. The summed E-state index contributed by atoms with van der Waals surface area (Å²) in [6.45, 7) is 10.1. The molecule has 2 aromatic carbocycles. The highest BCUT2D eigenvalue weighted by atomic mass is 19.1. The summed E-state index contributed by atoms with van der Waals surface area (Å²) in [5.41, 5.74) is 4.45. The highest BCUT2D eigenvalue weighted by Crippen LogP contribution is 2.43. The lowest BCUT2D eigenvalue weighted by Crippen LogP contribution is -2.48. The van der Waals surface area contributed by atoms with Gasteiger partial charge < -0.3 is 10.2 Å². The van der Waals surface area contributed by atoms with Crippen LogP contribution in [0.1, 0.15) is 63.1 Å². The van der Waals surface area contributed by atoms with Gasteiger partial charge in [-0.3, -0.25) is 9.69 Å². The Morgan fingerprint density at radius 1 is 1.16 bits per heavy atom. The van der Waals surface area contributed by atoms with Crippen LogP contribution >= 0.6 is 0 Å². The summed E-state index contributed by atoms with van der Waals surface area (Å²) in [6, 6.07) is 11.6. The molecule has 1 unspecified atom stereocenters. The van der Waals surface area contributed by atoms with Gasteiger partial charge in [0.2, 0.25) is 0 Å². The molecule has 2 aromatic rings. The van der Waals surface area contributed by atoms with Crippen molar-refractivity contribution in [1.82, 2.24) is 10.2 Å². The molecule has 1 saturated heterocycles. The van der Waals surface area contributed by atoms with E-state index in [-0.39, 0.29) is 29.5 Å². The second-order valence-electron chi connectivity index (χ2n) is 9.39. The number of carbonyl (C=O) groups is 2. The third kappa shape index (κ3) is 4.14. The van der Waals surface area contributed by atoms with Crippen molar-refractivity contribution in [3.63, 3.8) is 0 Å². The number of urea groups is 1. The number of benzene rings is 2. The molecule has 4 rings (SSSR count). The maximum atomic E-state index is 13.1. The SMILES string of the molecule is CCCN1c2ccc(/C=C3/NC(=O)N(Cc4ccc(F)cc4)C3=O)cc2C(C)CC1(C)C. The van der Waals surface area contributed by atoms with Crippen LogP contribution in [0.3, 0.4) is 0 Å². The Balaban J connectivity index is 1.59. The molecular formula is C26H30FN3O2. The highest BCUT2D eigenvalue weighted by molar-refractivity contribution is 6.13. The van der Waals surface area contributed by atoms with Crippen LogP contribution in [-0.4, -0.2) is 28.9 Å². The second kappa shape index (κ2) is 8.41. The van der Waals surface area contributed by atoms with Crippen LogP contribution in [0.4, 0.5) is 14.9 Å². The molecule has 2 aliphatic rings. The van der Waals surface area contributed by atoms with E-state index in [4.69, 9.17) is 0 Å². The van der Waals surface area contributed by atoms with E-state index >= 15 is 0 Å². The molecule has 32 heavy (non-hydrogen) atoms. The topological polar surface area (TPSA) is 52.7 Å². The molecule has 6 heteroatoms. The van der Waals surface area contributed by atoms with Gasteiger partial charge in [-0.1, -0.05) is 32.0 Å². The fourth-order valence-electron chi connectivity index (χ4n) is 4.90. The van der Waals surface area contributed by atoms with Gasteiger partial charge in [0, 0.05) is 17.8 Å². The Labute approximate surface area is 188 Å². The quantitative estimate of drug-likeness (QED) is 0.504. The van der Waals surface area contributed by atoms with Gasteiger partial charge in [0.15, 0.2) is 0 Å². The number of hydrogen-bond acceptors (Lipinski definition) is 3. The molecule has 2 aliphatic heterocycles. The van der Waals surface area contributed by atoms with Gasteiger partial charge in [-0.25, -0.2) is 9.18 Å². The summed E-state index contributed by atoms with van der Waals surface area (Å²) in [4.78, 5) is 28.9. The predicted molar refractivity (Wildman–Crippen MR) is 125 cm³/mol. The van der Waals surface area contributed by atoms with Gasteiger partial charge >= 0.3 is 6.03 Å². The number of fused-ring (bicyclic) bond motifs is 1. The van der Waals surface area contributed by atoms with Crippen LogP contribution < -0.4 is 10.2 Å². The van der Waals surface area contributed by atoms with Crippen LogP contribution in [0.25, 0.3) is 6.08 Å². The second-order valence-corrected chi connectivity index (χ2v) is 9.39. The van der Waals surface area contributed by atoms with Crippen molar-refractivity contribution < 1.29 is 14.0 Å². The van der Waals surface area contributed by atoms with E-state index in [0.29, 0.717) is 11.5 Å². The van der Waals surface area contributed by atoms with Crippen LogP contribution in [0.2, 0.25) is 0 Å². The van der Waals surface area contributed by atoms with Gasteiger partial charge in [0.25, 0.3) is 5.91 Å². The minimum Gasteiger partial charge on any atom is -0.366 e. The summed E-state index contributed by atoms with van der Waals surface area (Å²) >= 11 is 0. The zero-order chi connectivity index (χ0) is 23.0. The Bertz CT molecular complexity index is 1070. The van der Waals surface area contributed by atoms with Crippen molar-refractivity contribution in [2.24, 2.45) is 0 Å². The molecule has 0 spiro atoms. The van der Waals surface area contributed by atoms with Crippen LogP contribution in [0.5, 0.6) is 0 Å². The molecule has 1 fully saturated rings. The van der Waals surface area contributed by atoms with Crippen molar-refractivity contribution >= 4 is 23.7 Å². The van der Waals surface area contributed by atoms with E-state index < -0.39 is 6.03 Å². The normalized spacial score (nSPS) is 21.2. The van der Waals surface area contributed by atoms with E-state index in [1.807, 2.05) is 6.07 Å². The van der Waals surface area contributed by atoms with E-state index in [9.17, 15) is 14.0 Å². The summed E-state index contributed by atoms with van der Waals surface area (Å²) in [5, 5.41) is 2.68. The fraction of sp³-hybridized carbons (Fsp3) is 0.385. The Morgan fingerprint density at radius 3 is 2.56 bits per heavy atom. The van der Waals surface area contributed by atoms with Crippen molar-refractivity contribution in [2.45, 2.75) is 58.5 Å². The molecule has 3 amide bonds. The third-order valence-corrected chi connectivity index (χ3v) is 6.38. The molecular weight excluding hydrogens is 405 g/mol. The first-order chi connectivity index (χ1) is 15.2. The molecule has 0 saturated carbocycles. The minimum atomic E-state index is -0.465. The molecule has 2 heterocycles. The average Bonchev–Trinajstić information content (AvgIpc) is 3.00. The van der Waals surface area contributed by atoms with Crippen molar-refractivity contribution in [2.75, 3.05) is 11.4 Å². The lowest BCUT2D eigenvalue weighted by Gasteiger charge is -2.47. The van der Waals surface area contributed by atoms with Gasteiger partial charge in [0.1, 0.15) is 11.5 Å². The third-order valence-electron chi connectivity index (χ3n) is 6.38. The van der Waals surface area contributed by atoms with Crippen molar-refractivity contribution in [1.29, 1.82) is 0 Å². The molecule has 0 aromatic heterocycles. The van der Waals surface area contributed by atoms with E-state index in [2.05, 4.69) is 50.0 Å². The zero-order valence-electron chi connectivity index (χ0n) is 19.1. The fourth-order valence-corrected chi connectivity index (χ4v) is 4.90. The number of nitrogens with one attached hydrogen (secondary N) is 1. The molecule has 0 radical (unpaired) electrons. The minimum absolute atomic E-state index is 0.0959. The smallest absolute Gasteiger partial charge is 0.329 e. The summed E-state index contributed by atoms with van der Waals surface area (Å²) in [6.07, 6.45) is 3.87. The number of halogens is 1. The maximum Gasteiger partial charge on any atom is 0.329 e. The number of carbonyl (C=O) groups excluding carboxylic acids is 2. The largest absolute Gasteiger partial charge is 0.366 e. The summed E-state index contributed by atoms with van der Waals surface area (Å²) < 4.78 is 13.1. The van der Waals surface area contributed by atoms with Crippen LogP contribution in [0, 0.1) is 5.82 Å². The highest BCUT2D eigenvalue weighted by Gasteiger charge is 2.36. The first-order valence-electron chi connectivity index (χ1n) is 11.2. The van der Waals surface area contributed by atoms with Crippen molar-refractivity contribution in [3.8, 4) is 0 Å². The lowest BCUT2D eigenvalue weighted by atomic mass is 9.79. The molecule has 5 nitrogen and oxygen atoms in total. The van der Waals surface area contributed by atoms with Gasteiger partial charge in [-0.15, -0.1) is 0 Å². The first kappa shape index (κ1) is 22.1. The number of rotatable bonds is 5. The number of amides is 3. The summed E-state index contributed by atoms with van der Waals surface area (Å²) in [7, 11) is 0. The number of hydrogen-bond donors (Lipinski definition) is 1. The lowest BCUT2D eigenvalue weighted by molar-refractivity contribution is -0.123. The molecule has 1 atom stereocenters. The van der Waals surface area contributed by atoms with Gasteiger partial charge in [-0.2, -0.15) is 0 Å². The molecule has 168 valence electrons. The van der Waals surface area contributed by atoms with Crippen LogP contribution in [0.15, 0.2) is 48.2 Å². The summed E-state index contributed by atoms with van der Waals surface area (Å²) in [5.74, 6) is -0.330. The molecule has 0 bridgehead atoms. The Morgan fingerprint density at radius 2 is 1.88 bits per heavy atom. The number of imide groups is 1. The zero-order valence-corrected chi connectivity index (χ0v) is 19.1. The number of anilines is 1. The van der Waals surface area contributed by atoms with Crippen molar-refractivity contribution in [3.05, 3.63) is 70.7 Å². The maximum absolute atomic E-state index is 13.1. The van der Waals surface area contributed by atoms with E-state index in [0.717, 1.165) is 29.8 Å². The Hall–Kier alpha value is -3.15. The van der Waals surface area contributed by atoms with Crippen LogP contribution in [-0.2, 0) is 11.3 Å².